The molecule has 0 aliphatic carbocycles. The number of nitrogens with two attached hydrogens (primary N) is 1. The molecule has 7 nitrogen and oxygen atoms in total. The van der Waals surface area contributed by atoms with Crippen molar-refractivity contribution in [1.82, 2.24) is 19.7 Å². The maximum atomic E-state index is 13.7. The Kier molecular flexibility index (Phi) is 6.46. The maximum Gasteiger partial charge on any atom is 0.271 e. The lowest BCUT2D eigenvalue weighted by Gasteiger charge is -2.10. The maximum absolute atomic E-state index is 13.7. The van der Waals surface area contributed by atoms with Gasteiger partial charge < -0.3 is 11.1 Å². The Hall–Kier alpha value is -3.72. The Morgan fingerprint density at radius 3 is 2.59 bits per heavy atom. The third-order valence-electron chi connectivity index (χ3n) is 4.78. The Morgan fingerprint density at radius 1 is 1.09 bits per heavy atom. The molecule has 0 aliphatic rings. The minimum absolute atomic E-state index is 0.00252. The van der Waals surface area contributed by atoms with Crippen LogP contribution in [0.5, 0.6) is 0 Å². The SMILES string of the molecule is NC(=O)c1ncn2c(C(=O)NCCSCc3ccccc3F)cc(-c3ccccc3)nc12. The summed E-state index contributed by atoms with van der Waals surface area (Å²) in [7, 11) is 0. The highest BCUT2D eigenvalue weighted by molar-refractivity contribution is 7.98. The van der Waals surface area contributed by atoms with Crippen LogP contribution in [0.4, 0.5) is 4.39 Å². The minimum atomic E-state index is -0.721. The molecule has 0 unspecified atom stereocenters. The van der Waals surface area contributed by atoms with Crippen LogP contribution in [-0.4, -0.2) is 38.5 Å². The second-order valence-electron chi connectivity index (χ2n) is 6.94. The van der Waals surface area contributed by atoms with E-state index in [1.54, 1.807) is 24.3 Å². The Bertz CT molecular complexity index is 1280. The number of hydrogen-bond acceptors (Lipinski definition) is 5. The molecule has 4 aromatic rings. The van der Waals surface area contributed by atoms with Gasteiger partial charge in [0.1, 0.15) is 17.8 Å². The fraction of sp³-hybridized carbons (Fsp3) is 0.130. The molecule has 0 saturated heterocycles. The number of carbonyl (C=O) groups excluding carboxylic acids is 2. The van der Waals surface area contributed by atoms with Crippen molar-refractivity contribution in [3.05, 3.63) is 89.8 Å². The molecule has 2 aromatic heterocycles. The first-order chi connectivity index (χ1) is 15.5. The zero-order valence-corrected chi connectivity index (χ0v) is 17.8. The van der Waals surface area contributed by atoms with Crippen molar-refractivity contribution in [2.75, 3.05) is 12.3 Å². The summed E-state index contributed by atoms with van der Waals surface area (Å²) < 4.78 is 15.2. The number of amides is 2. The first-order valence-corrected chi connectivity index (χ1v) is 11.0. The highest BCUT2D eigenvalue weighted by Crippen LogP contribution is 2.21. The van der Waals surface area contributed by atoms with E-state index in [0.29, 0.717) is 29.3 Å². The van der Waals surface area contributed by atoms with Crippen molar-refractivity contribution in [3.63, 3.8) is 0 Å². The van der Waals surface area contributed by atoms with Gasteiger partial charge in [0, 0.05) is 23.6 Å². The minimum Gasteiger partial charge on any atom is -0.364 e. The van der Waals surface area contributed by atoms with Gasteiger partial charge in [0.2, 0.25) is 0 Å². The fourth-order valence-corrected chi connectivity index (χ4v) is 4.05. The van der Waals surface area contributed by atoms with Crippen LogP contribution in [0.25, 0.3) is 16.9 Å². The first-order valence-electron chi connectivity index (χ1n) is 9.87. The normalized spacial score (nSPS) is 10.9. The van der Waals surface area contributed by atoms with Crippen molar-refractivity contribution >= 4 is 29.2 Å². The lowest BCUT2D eigenvalue weighted by atomic mass is 10.1. The average Bonchev–Trinajstić information content (AvgIpc) is 3.24. The molecule has 2 heterocycles. The number of benzene rings is 2. The van der Waals surface area contributed by atoms with Crippen LogP contribution in [0, 0.1) is 5.82 Å². The van der Waals surface area contributed by atoms with E-state index in [1.807, 2.05) is 30.3 Å². The topological polar surface area (TPSA) is 102 Å². The summed E-state index contributed by atoms with van der Waals surface area (Å²) in [6, 6.07) is 17.6. The lowest BCUT2D eigenvalue weighted by molar-refractivity contribution is 0.0948. The number of rotatable bonds is 8. The second kappa shape index (κ2) is 9.61. The van der Waals surface area contributed by atoms with Gasteiger partial charge >= 0.3 is 0 Å². The van der Waals surface area contributed by atoms with Crippen molar-refractivity contribution < 1.29 is 14.0 Å². The van der Waals surface area contributed by atoms with Crippen LogP contribution in [0.3, 0.4) is 0 Å². The first kappa shape index (κ1) is 21.5. The van der Waals surface area contributed by atoms with E-state index in [0.717, 1.165) is 5.56 Å². The number of fused-ring (bicyclic) bond motifs is 1. The van der Waals surface area contributed by atoms with Gasteiger partial charge in [-0.1, -0.05) is 48.5 Å². The number of hydrogen-bond donors (Lipinski definition) is 2. The van der Waals surface area contributed by atoms with E-state index in [2.05, 4.69) is 15.3 Å². The number of carbonyl (C=O) groups is 2. The quantitative estimate of drug-likeness (QED) is 0.402. The molecule has 0 bridgehead atoms. The van der Waals surface area contributed by atoms with Crippen molar-refractivity contribution in [2.24, 2.45) is 5.73 Å². The van der Waals surface area contributed by atoms with Crippen LogP contribution in [0.1, 0.15) is 26.5 Å². The van der Waals surface area contributed by atoms with Crippen molar-refractivity contribution in [1.29, 1.82) is 0 Å². The van der Waals surface area contributed by atoms with Gasteiger partial charge in [0.05, 0.1) is 5.69 Å². The van der Waals surface area contributed by atoms with Gasteiger partial charge in [0.25, 0.3) is 11.8 Å². The molecule has 2 amide bonds. The predicted octanol–water partition coefficient (Wildman–Crippen LogP) is 3.30. The van der Waals surface area contributed by atoms with E-state index in [4.69, 9.17) is 5.73 Å². The number of nitrogens with zero attached hydrogens (tertiary/aromatic N) is 3. The van der Waals surface area contributed by atoms with Gasteiger partial charge in [-0.2, -0.15) is 11.8 Å². The molecule has 0 fully saturated rings. The smallest absolute Gasteiger partial charge is 0.271 e. The molecule has 0 aliphatic heterocycles. The third kappa shape index (κ3) is 4.62. The molecular weight excluding hydrogens is 429 g/mol. The summed E-state index contributed by atoms with van der Waals surface area (Å²) in [5.74, 6) is -0.169. The number of imidazole rings is 1. The van der Waals surface area contributed by atoms with Gasteiger partial charge in [-0.05, 0) is 17.7 Å². The van der Waals surface area contributed by atoms with E-state index < -0.39 is 5.91 Å². The van der Waals surface area contributed by atoms with E-state index in [9.17, 15) is 14.0 Å². The fourth-order valence-electron chi connectivity index (χ4n) is 3.20. The predicted molar refractivity (Wildman–Crippen MR) is 122 cm³/mol. The third-order valence-corrected chi connectivity index (χ3v) is 5.79. The summed E-state index contributed by atoms with van der Waals surface area (Å²) in [5, 5.41) is 2.86. The van der Waals surface area contributed by atoms with Crippen LogP contribution in [-0.2, 0) is 5.75 Å². The van der Waals surface area contributed by atoms with Crippen LogP contribution < -0.4 is 11.1 Å². The Balaban J connectivity index is 1.51. The molecule has 2 aromatic carbocycles. The van der Waals surface area contributed by atoms with Crippen LogP contribution >= 0.6 is 11.8 Å². The molecule has 162 valence electrons. The summed E-state index contributed by atoms with van der Waals surface area (Å²) in [6.07, 6.45) is 1.36. The standard InChI is InChI=1S/C23H20FN5O2S/c24-17-9-5-4-8-16(17)13-32-11-10-26-23(31)19-12-18(15-6-2-1-3-7-15)28-22-20(21(25)30)27-14-29(19)22/h1-9,12,14H,10-11,13H2,(H2,25,30)(H,26,31). The molecule has 0 radical (unpaired) electrons. The van der Waals surface area contributed by atoms with Gasteiger partial charge in [-0.25, -0.2) is 14.4 Å². The highest BCUT2D eigenvalue weighted by atomic mass is 32.2. The molecule has 32 heavy (non-hydrogen) atoms. The zero-order valence-electron chi connectivity index (χ0n) is 17.0. The van der Waals surface area contributed by atoms with Gasteiger partial charge in [-0.15, -0.1) is 0 Å². The van der Waals surface area contributed by atoms with E-state index in [-0.39, 0.29) is 28.8 Å². The van der Waals surface area contributed by atoms with Crippen molar-refractivity contribution in [3.8, 4) is 11.3 Å². The number of halogens is 1. The zero-order chi connectivity index (χ0) is 22.5. The van der Waals surface area contributed by atoms with Crippen LogP contribution in [0.2, 0.25) is 0 Å². The molecule has 0 saturated carbocycles. The van der Waals surface area contributed by atoms with Gasteiger partial charge in [0.15, 0.2) is 11.3 Å². The molecule has 0 spiro atoms. The second-order valence-corrected chi connectivity index (χ2v) is 8.05. The average molecular weight is 450 g/mol. The monoisotopic (exact) mass is 449 g/mol. The van der Waals surface area contributed by atoms with Gasteiger partial charge in [-0.3, -0.25) is 14.0 Å². The van der Waals surface area contributed by atoms with E-state index in [1.165, 1.54) is 28.6 Å². The number of primary amides is 1. The number of aromatic nitrogens is 3. The largest absolute Gasteiger partial charge is 0.364 e. The summed E-state index contributed by atoms with van der Waals surface area (Å²) in [6.45, 7) is 0.389. The number of thioether (sulfide) groups is 1. The molecule has 0 atom stereocenters. The highest BCUT2D eigenvalue weighted by Gasteiger charge is 2.19. The number of nitrogens with one attached hydrogen (secondary N) is 1. The molecule has 3 N–H and O–H groups in total. The Labute approximate surface area is 187 Å². The molecule has 4 rings (SSSR count). The van der Waals surface area contributed by atoms with Crippen LogP contribution in [0.15, 0.2) is 67.0 Å². The Morgan fingerprint density at radius 2 is 1.84 bits per heavy atom. The summed E-state index contributed by atoms with van der Waals surface area (Å²) >= 11 is 1.52. The molecular formula is C23H20FN5O2S. The summed E-state index contributed by atoms with van der Waals surface area (Å²) in [5.41, 5.74) is 7.88. The van der Waals surface area contributed by atoms with Crippen molar-refractivity contribution in [2.45, 2.75) is 5.75 Å². The molecule has 9 heteroatoms. The summed E-state index contributed by atoms with van der Waals surface area (Å²) in [4.78, 5) is 33.2. The van der Waals surface area contributed by atoms with E-state index >= 15 is 0 Å². The lowest BCUT2D eigenvalue weighted by Crippen LogP contribution is -2.28.